The number of aryl methyl sites for hydroxylation is 1. The molecule has 1 aliphatic carbocycles. The van der Waals surface area contributed by atoms with Crippen LogP contribution in [0.5, 0.6) is 0 Å². The lowest BCUT2D eigenvalue weighted by Gasteiger charge is -2.33. The van der Waals surface area contributed by atoms with E-state index in [-0.39, 0.29) is 5.91 Å². The van der Waals surface area contributed by atoms with Gasteiger partial charge in [-0.2, -0.15) is 0 Å². The first kappa shape index (κ1) is 14.3. The number of carbonyl (C=O) groups excluding carboxylic acids is 1. The van der Waals surface area contributed by atoms with Crippen LogP contribution in [-0.2, 0) is 4.79 Å². The molecule has 0 aliphatic heterocycles. The van der Waals surface area contributed by atoms with Crippen LogP contribution in [0.15, 0.2) is 24.3 Å². The predicted molar refractivity (Wildman–Crippen MR) is 77.5 cm³/mol. The lowest BCUT2D eigenvalue weighted by atomic mass is 9.82. The van der Waals surface area contributed by atoms with Crippen molar-refractivity contribution in [1.82, 2.24) is 5.32 Å². The Bertz CT molecular complexity index is 557. The molecular formula is C16H19NO3. The van der Waals surface area contributed by atoms with Crippen LogP contribution in [0.25, 0.3) is 6.08 Å². The summed E-state index contributed by atoms with van der Waals surface area (Å²) < 4.78 is 0. The molecule has 2 rings (SSSR count). The average molecular weight is 273 g/mol. The van der Waals surface area contributed by atoms with Crippen LogP contribution in [0.4, 0.5) is 0 Å². The highest BCUT2D eigenvalue weighted by atomic mass is 16.4. The number of aliphatic carboxylic acids is 1. The minimum absolute atomic E-state index is 0.0567. The Morgan fingerprint density at radius 3 is 2.60 bits per heavy atom. The molecule has 20 heavy (non-hydrogen) atoms. The number of amides is 1. The van der Waals surface area contributed by atoms with Crippen LogP contribution in [0.3, 0.4) is 0 Å². The van der Waals surface area contributed by atoms with Crippen LogP contribution < -0.4 is 5.32 Å². The monoisotopic (exact) mass is 273 g/mol. The number of hydrogen-bond donors (Lipinski definition) is 2. The van der Waals surface area contributed by atoms with Gasteiger partial charge in [-0.25, -0.2) is 4.79 Å². The highest BCUT2D eigenvalue weighted by Gasteiger charge is 2.26. The molecule has 0 heterocycles. The molecule has 4 nitrogen and oxygen atoms in total. The molecule has 0 bridgehead atoms. The number of rotatable bonds is 4. The minimum Gasteiger partial charge on any atom is -0.478 e. The molecule has 106 valence electrons. The van der Waals surface area contributed by atoms with E-state index in [0.717, 1.165) is 30.0 Å². The van der Waals surface area contributed by atoms with E-state index in [1.807, 2.05) is 6.92 Å². The zero-order valence-electron chi connectivity index (χ0n) is 11.7. The highest BCUT2D eigenvalue weighted by Crippen LogP contribution is 2.26. The Morgan fingerprint density at radius 1 is 1.35 bits per heavy atom. The number of benzene rings is 1. The first-order chi connectivity index (χ1) is 9.45. The predicted octanol–water partition coefficient (Wildman–Crippen LogP) is 2.62. The Kier molecular flexibility index (Phi) is 4.23. The van der Waals surface area contributed by atoms with Gasteiger partial charge < -0.3 is 10.4 Å². The summed E-state index contributed by atoms with van der Waals surface area (Å²) in [4.78, 5) is 22.6. The summed E-state index contributed by atoms with van der Waals surface area (Å²) in [6.07, 6.45) is 4.72. The maximum atomic E-state index is 12.1. The van der Waals surface area contributed by atoms with E-state index < -0.39 is 5.97 Å². The highest BCUT2D eigenvalue weighted by molar-refractivity contribution is 5.95. The van der Waals surface area contributed by atoms with Gasteiger partial charge in [-0.1, -0.05) is 13.0 Å². The molecular weight excluding hydrogens is 254 g/mol. The molecule has 4 heteroatoms. The molecule has 0 saturated heterocycles. The third-order valence-corrected chi connectivity index (χ3v) is 3.65. The van der Waals surface area contributed by atoms with Gasteiger partial charge in [0.05, 0.1) is 0 Å². The number of carboxylic acid groups (broad SMARTS) is 1. The summed E-state index contributed by atoms with van der Waals surface area (Å²) in [7, 11) is 0. The Balaban J connectivity index is 2.04. The van der Waals surface area contributed by atoms with Gasteiger partial charge in [0.1, 0.15) is 0 Å². The standard InChI is InChI=1S/C16H19NO3/c1-10-7-14(8-10)17-16(20)13-4-3-12(11(2)9-13)5-6-15(18)19/h3-6,9-10,14H,7-8H2,1-2H3,(H,17,20)(H,18,19)/b6-5+. The van der Waals surface area contributed by atoms with Crippen LogP contribution in [-0.4, -0.2) is 23.0 Å². The van der Waals surface area contributed by atoms with Crippen molar-refractivity contribution in [3.05, 3.63) is 41.0 Å². The van der Waals surface area contributed by atoms with Gasteiger partial charge in [-0.05, 0) is 55.0 Å². The fourth-order valence-corrected chi connectivity index (χ4v) is 2.45. The van der Waals surface area contributed by atoms with Crippen molar-refractivity contribution >= 4 is 18.0 Å². The van der Waals surface area contributed by atoms with E-state index in [4.69, 9.17) is 5.11 Å². The largest absolute Gasteiger partial charge is 0.478 e. The molecule has 0 aromatic heterocycles. The molecule has 1 amide bonds. The molecule has 0 radical (unpaired) electrons. The zero-order chi connectivity index (χ0) is 14.7. The molecule has 0 unspecified atom stereocenters. The van der Waals surface area contributed by atoms with E-state index in [2.05, 4.69) is 12.2 Å². The second-order valence-electron chi connectivity index (χ2n) is 5.49. The summed E-state index contributed by atoms with van der Waals surface area (Å²) in [6.45, 7) is 4.04. The topological polar surface area (TPSA) is 66.4 Å². The van der Waals surface area contributed by atoms with Crippen molar-refractivity contribution in [1.29, 1.82) is 0 Å². The third kappa shape index (κ3) is 3.47. The Morgan fingerprint density at radius 2 is 2.05 bits per heavy atom. The molecule has 1 aromatic rings. The van der Waals surface area contributed by atoms with Gasteiger partial charge >= 0.3 is 5.97 Å². The quantitative estimate of drug-likeness (QED) is 0.829. The summed E-state index contributed by atoms with van der Waals surface area (Å²) in [5.74, 6) is -0.338. The first-order valence-electron chi connectivity index (χ1n) is 6.78. The summed E-state index contributed by atoms with van der Waals surface area (Å²) in [6, 6.07) is 5.59. The molecule has 0 atom stereocenters. The van der Waals surface area contributed by atoms with Crippen molar-refractivity contribution in [2.75, 3.05) is 0 Å². The Hall–Kier alpha value is -2.10. The van der Waals surface area contributed by atoms with Gasteiger partial charge in [-0.15, -0.1) is 0 Å². The smallest absolute Gasteiger partial charge is 0.328 e. The summed E-state index contributed by atoms with van der Waals surface area (Å²) in [5.41, 5.74) is 2.31. The third-order valence-electron chi connectivity index (χ3n) is 3.65. The number of hydrogen-bond acceptors (Lipinski definition) is 2. The normalized spacial score (nSPS) is 21.5. The molecule has 1 aliphatic rings. The SMILES string of the molecule is Cc1cc(C(=O)NC2CC(C)C2)ccc1/C=C/C(=O)O. The lowest BCUT2D eigenvalue weighted by Crippen LogP contribution is -2.43. The summed E-state index contributed by atoms with van der Waals surface area (Å²) >= 11 is 0. The molecule has 0 spiro atoms. The van der Waals surface area contributed by atoms with E-state index in [9.17, 15) is 9.59 Å². The maximum absolute atomic E-state index is 12.1. The van der Waals surface area contributed by atoms with Crippen molar-refractivity contribution in [3.8, 4) is 0 Å². The van der Waals surface area contributed by atoms with Gasteiger partial charge in [-0.3, -0.25) is 4.79 Å². The molecule has 1 fully saturated rings. The van der Waals surface area contributed by atoms with Crippen molar-refractivity contribution in [2.24, 2.45) is 5.92 Å². The molecule has 1 saturated carbocycles. The number of carbonyl (C=O) groups is 2. The number of carboxylic acids is 1. The summed E-state index contributed by atoms with van der Waals surface area (Å²) in [5, 5.41) is 11.6. The van der Waals surface area contributed by atoms with Crippen molar-refractivity contribution < 1.29 is 14.7 Å². The van der Waals surface area contributed by atoms with Crippen LogP contribution >= 0.6 is 0 Å². The maximum Gasteiger partial charge on any atom is 0.328 e. The van der Waals surface area contributed by atoms with E-state index >= 15 is 0 Å². The zero-order valence-corrected chi connectivity index (χ0v) is 11.7. The minimum atomic E-state index is -0.981. The van der Waals surface area contributed by atoms with Gasteiger partial charge in [0, 0.05) is 17.7 Å². The Labute approximate surface area is 118 Å². The van der Waals surface area contributed by atoms with Gasteiger partial charge in [0.2, 0.25) is 0 Å². The second-order valence-corrected chi connectivity index (χ2v) is 5.49. The van der Waals surface area contributed by atoms with Crippen LogP contribution in [0.2, 0.25) is 0 Å². The van der Waals surface area contributed by atoms with Crippen molar-refractivity contribution in [3.63, 3.8) is 0 Å². The molecule has 2 N–H and O–H groups in total. The fourth-order valence-electron chi connectivity index (χ4n) is 2.45. The van der Waals surface area contributed by atoms with Crippen LogP contribution in [0.1, 0.15) is 41.3 Å². The lowest BCUT2D eigenvalue weighted by molar-refractivity contribution is -0.131. The van der Waals surface area contributed by atoms with E-state index in [1.54, 1.807) is 18.2 Å². The van der Waals surface area contributed by atoms with E-state index in [1.165, 1.54) is 6.08 Å². The second kappa shape index (κ2) is 5.90. The van der Waals surface area contributed by atoms with Crippen molar-refractivity contribution in [2.45, 2.75) is 32.7 Å². The van der Waals surface area contributed by atoms with Gasteiger partial charge in [0.15, 0.2) is 0 Å². The average Bonchev–Trinajstić information content (AvgIpc) is 2.35. The van der Waals surface area contributed by atoms with Gasteiger partial charge in [0.25, 0.3) is 5.91 Å². The molecule has 1 aromatic carbocycles. The van der Waals surface area contributed by atoms with E-state index in [0.29, 0.717) is 17.5 Å². The fraction of sp³-hybridized carbons (Fsp3) is 0.375. The van der Waals surface area contributed by atoms with Crippen LogP contribution in [0, 0.1) is 12.8 Å². The first-order valence-corrected chi connectivity index (χ1v) is 6.78. The number of nitrogens with one attached hydrogen (secondary N) is 1.